The highest BCUT2D eigenvalue weighted by Gasteiger charge is 2.68. The number of likely N-dealkylation sites (N-methyl/N-ethyl adjacent to an activating group) is 1. The fourth-order valence-corrected chi connectivity index (χ4v) is 5.67. The van der Waals surface area contributed by atoms with Crippen molar-refractivity contribution < 1.29 is 19.1 Å². The van der Waals surface area contributed by atoms with E-state index in [1.807, 2.05) is 18.2 Å². The molecule has 0 bridgehead atoms. The fraction of sp³-hybridized carbons (Fsp3) is 0.619. The van der Waals surface area contributed by atoms with Crippen LogP contribution in [-0.2, 0) is 25.6 Å². The van der Waals surface area contributed by atoms with Crippen molar-refractivity contribution >= 4 is 11.9 Å². The van der Waals surface area contributed by atoms with Crippen LogP contribution in [0.5, 0.6) is 0 Å². The molecule has 3 fully saturated rings. The Labute approximate surface area is 166 Å². The molecule has 0 amide bonds. The quantitative estimate of drug-likeness (QED) is 0.708. The first-order valence-corrected chi connectivity index (χ1v) is 9.91. The molecule has 7 nitrogen and oxygen atoms in total. The second-order valence-electron chi connectivity index (χ2n) is 8.20. The molecule has 0 aromatic heterocycles. The van der Waals surface area contributed by atoms with Gasteiger partial charge < -0.3 is 14.4 Å². The topological polar surface area (TPSA) is 62.3 Å². The number of esters is 2. The molecule has 3 heterocycles. The summed E-state index contributed by atoms with van der Waals surface area (Å²) in [6.07, 6.45) is 0.704. The van der Waals surface area contributed by atoms with Crippen molar-refractivity contribution in [3.63, 3.8) is 0 Å². The molecule has 0 unspecified atom stereocenters. The van der Waals surface area contributed by atoms with E-state index in [1.54, 1.807) is 0 Å². The number of carbonyl (C=O) groups is 2. The molecular weight excluding hydrogens is 358 g/mol. The zero-order valence-electron chi connectivity index (χ0n) is 16.8. The molecule has 0 N–H and O–H groups in total. The number of hydrogen-bond acceptors (Lipinski definition) is 7. The second-order valence-corrected chi connectivity index (χ2v) is 8.20. The van der Waals surface area contributed by atoms with E-state index < -0.39 is 11.8 Å². The van der Waals surface area contributed by atoms with Gasteiger partial charge >= 0.3 is 11.9 Å². The molecule has 3 saturated heterocycles. The molecule has 1 aromatic carbocycles. The van der Waals surface area contributed by atoms with Crippen LogP contribution in [0, 0.1) is 11.8 Å². The average Bonchev–Trinajstić information content (AvgIpc) is 3.37. The molecular formula is C21H29N3O4. The van der Waals surface area contributed by atoms with E-state index in [0.717, 1.165) is 39.1 Å². The Kier molecular flexibility index (Phi) is 5.16. The van der Waals surface area contributed by atoms with Crippen molar-refractivity contribution in [1.82, 2.24) is 14.7 Å². The van der Waals surface area contributed by atoms with E-state index in [2.05, 4.69) is 33.9 Å². The maximum Gasteiger partial charge on any atom is 0.312 e. The van der Waals surface area contributed by atoms with Gasteiger partial charge in [-0.05, 0) is 25.6 Å². The van der Waals surface area contributed by atoms with Crippen LogP contribution in [0.15, 0.2) is 30.3 Å². The smallest absolute Gasteiger partial charge is 0.312 e. The van der Waals surface area contributed by atoms with Crippen LogP contribution < -0.4 is 0 Å². The van der Waals surface area contributed by atoms with Crippen LogP contribution >= 0.6 is 0 Å². The maximum absolute atomic E-state index is 12.9. The number of benzene rings is 1. The number of methoxy groups -OCH3 is 2. The first-order valence-electron chi connectivity index (χ1n) is 9.91. The number of rotatable bonds is 4. The summed E-state index contributed by atoms with van der Waals surface area (Å²) in [5, 5.41) is 0. The summed E-state index contributed by atoms with van der Waals surface area (Å²) in [6, 6.07) is 10.3. The summed E-state index contributed by atoms with van der Waals surface area (Å²) < 4.78 is 10.4. The van der Waals surface area contributed by atoms with Gasteiger partial charge in [0.2, 0.25) is 0 Å². The molecule has 3 aliphatic rings. The largest absolute Gasteiger partial charge is 0.469 e. The minimum atomic E-state index is -0.546. The van der Waals surface area contributed by atoms with Crippen LogP contribution in [0.2, 0.25) is 0 Å². The minimum absolute atomic E-state index is 0.150. The molecule has 4 rings (SSSR count). The van der Waals surface area contributed by atoms with Crippen molar-refractivity contribution in [2.24, 2.45) is 11.8 Å². The van der Waals surface area contributed by atoms with E-state index in [0.29, 0.717) is 0 Å². The summed E-state index contributed by atoms with van der Waals surface area (Å²) in [7, 11) is 4.89. The van der Waals surface area contributed by atoms with E-state index in [9.17, 15) is 9.59 Å². The minimum Gasteiger partial charge on any atom is -0.469 e. The van der Waals surface area contributed by atoms with Crippen molar-refractivity contribution in [2.45, 2.75) is 24.7 Å². The molecule has 4 atom stereocenters. The summed E-state index contributed by atoms with van der Waals surface area (Å²) in [6.45, 7) is 4.12. The lowest BCUT2D eigenvalue weighted by Crippen LogP contribution is -2.53. The lowest BCUT2D eigenvalue weighted by Gasteiger charge is -2.37. The van der Waals surface area contributed by atoms with Gasteiger partial charge in [0.05, 0.1) is 31.8 Å². The molecule has 0 aliphatic carbocycles. The zero-order valence-corrected chi connectivity index (χ0v) is 16.8. The molecule has 28 heavy (non-hydrogen) atoms. The molecule has 0 radical (unpaired) electrons. The number of likely N-dealkylation sites (tertiary alicyclic amines) is 1. The van der Waals surface area contributed by atoms with Crippen molar-refractivity contribution in [3.8, 4) is 0 Å². The lowest BCUT2D eigenvalue weighted by atomic mass is 9.78. The molecule has 7 heteroatoms. The van der Waals surface area contributed by atoms with Gasteiger partial charge in [0.25, 0.3) is 0 Å². The van der Waals surface area contributed by atoms with Gasteiger partial charge in [-0.1, -0.05) is 30.3 Å². The van der Waals surface area contributed by atoms with Gasteiger partial charge in [-0.3, -0.25) is 19.4 Å². The molecule has 1 spiro atoms. The van der Waals surface area contributed by atoms with Gasteiger partial charge in [-0.25, -0.2) is 0 Å². The van der Waals surface area contributed by atoms with Crippen LogP contribution in [0.3, 0.4) is 0 Å². The number of carbonyl (C=O) groups excluding carboxylic acids is 2. The van der Waals surface area contributed by atoms with Gasteiger partial charge in [0, 0.05) is 26.2 Å². The van der Waals surface area contributed by atoms with Crippen LogP contribution in [0.25, 0.3) is 0 Å². The molecule has 152 valence electrons. The monoisotopic (exact) mass is 387 g/mol. The van der Waals surface area contributed by atoms with E-state index in [1.165, 1.54) is 19.8 Å². The van der Waals surface area contributed by atoms with E-state index >= 15 is 0 Å². The third-order valence-electron chi connectivity index (χ3n) is 6.78. The van der Waals surface area contributed by atoms with Crippen LogP contribution in [-0.4, -0.2) is 85.8 Å². The van der Waals surface area contributed by atoms with Crippen molar-refractivity contribution in [3.05, 3.63) is 35.9 Å². The third-order valence-corrected chi connectivity index (χ3v) is 6.78. The average molecular weight is 387 g/mol. The number of hydrogen-bond donors (Lipinski definition) is 0. The van der Waals surface area contributed by atoms with Gasteiger partial charge in [0.15, 0.2) is 0 Å². The predicted octanol–water partition coefficient (Wildman–Crippen LogP) is 0.797. The Hall–Kier alpha value is -1.96. The van der Waals surface area contributed by atoms with Gasteiger partial charge in [0.1, 0.15) is 5.92 Å². The first-order chi connectivity index (χ1) is 13.5. The Morgan fingerprint density at radius 1 is 1.07 bits per heavy atom. The van der Waals surface area contributed by atoms with Crippen LogP contribution in [0.4, 0.5) is 0 Å². The van der Waals surface area contributed by atoms with Gasteiger partial charge in [-0.15, -0.1) is 0 Å². The predicted molar refractivity (Wildman–Crippen MR) is 103 cm³/mol. The second kappa shape index (κ2) is 7.46. The Morgan fingerprint density at radius 3 is 2.39 bits per heavy atom. The summed E-state index contributed by atoms with van der Waals surface area (Å²) in [5.41, 5.74) is 0.823. The third kappa shape index (κ3) is 2.93. The highest BCUT2D eigenvalue weighted by Crippen LogP contribution is 2.52. The lowest BCUT2D eigenvalue weighted by molar-refractivity contribution is -0.159. The molecule has 1 aromatic rings. The highest BCUT2D eigenvalue weighted by molar-refractivity contribution is 5.85. The Bertz CT molecular complexity index is 742. The number of ether oxygens (including phenoxy) is 2. The summed E-state index contributed by atoms with van der Waals surface area (Å²) in [5.74, 6) is -1.69. The normalized spacial score (nSPS) is 33.3. The fourth-order valence-electron chi connectivity index (χ4n) is 5.67. The van der Waals surface area contributed by atoms with Crippen LogP contribution in [0.1, 0.15) is 12.0 Å². The van der Waals surface area contributed by atoms with E-state index in [4.69, 9.17) is 9.47 Å². The Morgan fingerprint density at radius 2 is 1.79 bits per heavy atom. The Balaban J connectivity index is 1.73. The molecule has 3 aliphatic heterocycles. The molecule has 0 saturated carbocycles. The van der Waals surface area contributed by atoms with Crippen molar-refractivity contribution in [2.75, 3.05) is 47.4 Å². The van der Waals surface area contributed by atoms with Crippen molar-refractivity contribution in [1.29, 1.82) is 0 Å². The standard InChI is InChI=1S/C21H29N3O4/c1-22-10-9-21(14-22)17(20(26)28-3)16(19(25)27-2)18-23(11-12-24(18)21)13-15-7-5-4-6-8-15/h4-8,16-18H,9-14H2,1-3H3/t16-,17+,18+,21-/m1/s1. The SMILES string of the molecule is COC(=O)[C@@H]1[C@@H](C(=O)OC)[C@]2(CCN(C)C2)N2CCN(Cc3ccccc3)[C@H]12. The van der Waals surface area contributed by atoms with E-state index in [-0.39, 0.29) is 23.6 Å². The maximum atomic E-state index is 12.9. The summed E-state index contributed by atoms with van der Waals surface area (Å²) in [4.78, 5) is 32.8. The summed E-state index contributed by atoms with van der Waals surface area (Å²) >= 11 is 0. The zero-order chi connectivity index (χ0) is 19.9. The van der Waals surface area contributed by atoms with Gasteiger partial charge in [-0.2, -0.15) is 0 Å². The first kappa shape index (κ1) is 19.4. The highest BCUT2D eigenvalue weighted by atomic mass is 16.5. The number of nitrogens with zero attached hydrogens (tertiary/aromatic N) is 3. The number of fused-ring (bicyclic) bond motifs is 2.